The first-order valence-corrected chi connectivity index (χ1v) is 13.0. The third-order valence-corrected chi connectivity index (χ3v) is 8.43. The number of amides is 2. The van der Waals surface area contributed by atoms with E-state index in [1.807, 2.05) is 19.1 Å². The smallest absolute Gasteiger partial charge is 0.384 e. The van der Waals surface area contributed by atoms with Gasteiger partial charge in [0.2, 0.25) is 11.8 Å². The predicted octanol–water partition coefficient (Wildman–Crippen LogP) is 4.34. The van der Waals surface area contributed by atoms with Crippen molar-refractivity contribution in [3.63, 3.8) is 0 Å². The van der Waals surface area contributed by atoms with E-state index in [-0.39, 0.29) is 30.9 Å². The van der Waals surface area contributed by atoms with Crippen LogP contribution < -0.4 is 5.32 Å². The molecule has 1 fully saturated rings. The maximum absolute atomic E-state index is 13.8. The molecule has 3 aliphatic heterocycles. The molecule has 37 heavy (non-hydrogen) atoms. The summed E-state index contributed by atoms with van der Waals surface area (Å²) in [5.41, 5.74) is 2.24. The highest BCUT2D eigenvalue weighted by molar-refractivity contribution is 9.10. The van der Waals surface area contributed by atoms with Crippen LogP contribution in [0.25, 0.3) is 0 Å². The topological polar surface area (TPSA) is 74.8 Å². The number of ether oxygens (including phenoxy) is 1. The normalized spacial score (nSPS) is 23.7. The van der Waals surface area contributed by atoms with Gasteiger partial charge in [-0.25, -0.2) is 0 Å². The number of nitrogens with one attached hydrogen (secondary N) is 1. The van der Waals surface area contributed by atoms with Crippen LogP contribution in [0.15, 0.2) is 28.9 Å². The number of hydrogen-bond acceptors (Lipinski definition) is 5. The van der Waals surface area contributed by atoms with E-state index in [0.717, 1.165) is 33.6 Å². The zero-order valence-electron chi connectivity index (χ0n) is 20.6. The number of benzene rings is 1. The standard InChI is InChI=1S/C26H28BrF3N4O3/c1-15-19-9-20(27)16(8-22(19)32-23(15)35)11-33-6-4-25(13-33,14-37-2)24(36)34-5-3-21-17(12-34)7-18(10-31-21)26(28,29)30/h7-10,15H,3-6,11-14H2,1-2H3,(H,32,35). The molecule has 3 aliphatic rings. The number of hydrogen-bond donors (Lipinski definition) is 1. The number of carbonyl (C=O) groups is 2. The molecule has 4 heterocycles. The summed E-state index contributed by atoms with van der Waals surface area (Å²) in [6.45, 7) is 4.33. The summed E-state index contributed by atoms with van der Waals surface area (Å²) in [4.78, 5) is 33.7. The van der Waals surface area contributed by atoms with Gasteiger partial charge in [0.05, 0.1) is 23.5 Å². The Labute approximate surface area is 221 Å². The van der Waals surface area contributed by atoms with Crippen molar-refractivity contribution >= 4 is 33.4 Å². The minimum absolute atomic E-state index is 0.0226. The third-order valence-electron chi connectivity index (χ3n) is 7.69. The number of rotatable bonds is 5. The number of fused-ring (bicyclic) bond motifs is 2. The minimum Gasteiger partial charge on any atom is -0.384 e. The summed E-state index contributed by atoms with van der Waals surface area (Å²) < 4.78 is 46.0. The van der Waals surface area contributed by atoms with E-state index in [4.69, 9.17) is 4.74 Å². The Morgan fingerprint density at radius 3 is 2.81 bits per heavy atom. The van der Waals surface area contributed by atoms with Crippen LogP contribution in [-0.4, -0.2) is 59.9 Å². The van der Waals surface area contributed by atoms with Gasteiger partial charge in [-0.1, -0.05) is 15.9 Å². The molecule has 0 spiro atoms. The zero-order chi connectivity index (χ0) is 26.5. The molecule has 5 rings (SSSR count). The quantitative estimate of drug-likeness (QED) is 0.569. The van der Waals surface area contributed by atoms with E-state index in [0.29, 0.717) is 50.3 Å². The summed E-state index contributed by atoms with van der Waals surface area (Å²) in [5.74, 6) is -0.323. The molecule has 1 aromatic heterocycles. The van der Waals surface area contributed by atoms with Crippen LogP contribution in [-0.2, 0) is 40.0 Å². The summed E-state index contributed by atoms with van der Waals surface area (Å²) in [7, 11) is 1.56. The van der Waals surface area contributed by atoms with Crippen LogP contribution >= 0.6 is 15.9 Å². The first-order valence-electron chi connectivity index (χ1n) is 12.2. The lowest BCUT2D eigenvalue weighted by molar-refractivity contribution is -0.145. The van der Waals surface area contributed by atoms with E-state index >= 15 is 0 Å². The van der Waals surface area contributed by atoms with E-state index < -0.39 is 17.2 Å². The fourth-order valence-electron chi connectivity index (χ4n) is 5.66. The zero-order valence-corrected chi connectivity index (χ0v) is 22.2. The molecule has 0 saturated carbocycles. The highest BCUT2D eigenvalue weighted by Gasteiger charge is 2.47. The Morgan fingerprint density at radius 1 is 1.30 bits per heavy atom. The summed E-state index contributed by atoms with van der Waals surface area (Å²) in [6, 6.07) is 5.06. The number of methoxy groups -OCH3 is 1. The average Bonchev–Trinajstić information content (AvgIpc) is 3.38. The Balaban J connectivity index is 1.32. The Kier molecular flexibility index (Phi) is 6.82. The first-order chi connectivity index (χ1) is 17.5. The molecule has 2 aromatic rings. The molecule has 7 nitrogen and oxygen atoms in total. The lowest BCUT2D eigenvalue weighted by Gasteiger charge is -2.36. The fraction of sp³-hybridized carbons (Fsp3) is 0.500. The van der Waals surface area contributed by atoms with Crippen LogP contribution in [0.2, 0.25) is 0 Å². The molecule has 2 amide bonds. The second-order valence-electron chi connectivity index (χ2n) is 10.2. The minimum atomic E-state index is -4.48. The van der Waals surface area contributed by atoms with Crippen molar-refractivity contribution in [2.75, 3.05) is 38.7 Å². The average molecular weight is 581 g/mol. The van der Waals surface area contributed by atoms with E-state index in [1.54, 1.807) is 12.0 Å². The van der Waals surface area contributed by atoms with Crippen molar-refractivity contribution in [3.05, 3.63) is 56.8 Å². The van der Waals surface area contributed by atoms with Crippen LogP contribution in [0.3, 0.4) is 0 Å². The van der Waals surface area contributed by atoms with Crippen molar-refractivity contribution in [2.45, 2.75) is 44.9 Å². The fourth-order valence-corrected chi connectivity index (χ4v) is 6.14. The molecule has 2 atom stereocenters. The lowest BCUT2D eigenvalue weighted by Crippen LogP contribution is -2.49. The first kappa shape index (κ1) is 26.1. The molecular formula is C26H28BrF3N4O3. The van der Waals surface area contributed by atoms with Gasteiger partial charge < -0.3 is 15.0 Å². The van der Waals surface area contributed by atoms with Gasteiger partial charge in [0, 0.05) is 61.8 Å². The maximum Gasteiger partial charge on any atom is 0.417 e. The van der Waals surface area contributed by atoms with Crippen LogP contribution in [0.1, 0.15) is 47.2 Å². The molecular weight excluding hydrogens is 553 g/mol. The van der Waals surface area contributed by atoms with Crippen molar-refractivity contribution in [2.24, 2.45) is 5.41 Å². The number of anilines is 1. The largest absolute Gasteiger partial charge is 0.417 e. The van der Waals surface area contributed by atoms with Gasteiger partial charge in [0.25, 0.3) is 0 Å². The van der Waals surface area contributed by atoms with E-state index in [9.17, 15) is 22.8 Å². The van der Waals surface area contributed by atoms with Crippen LogP contribution in [0, 0.1) is 5.41 Å². The van der Waals surface area contributed by atoms with E-state index in [2.05, 4.69) is 31.1 Å². The Hall–Kier alpha value is -2.50. The lowest BCUT2D eigenvalue weighted by atomic mass is 9.85. The summed E-state index contributed by atoms with van der Waals surface area (Å²) in [6.07, 6.45) is -2.62. The van der Waals surface area contributed by atoms with Crippen molar-refractivity contribution in [3.8, 4) is 0 Å². The second kappa shape index (κ2) is 9.67. The molecule has 0 bridgehead atoms. The van der Waals surface area contributed by atoms with Crippen LogP contribution in [0.4, 0.5) is 18.9 Å². The second-order valence-corrected chi connectivity index (χ2v) is 11.1. The van der Waals surface area contributed by atoms with Gasteiger partial charge in [-0.15, -0.1) is 0 Å². The number of alkyl halides is 3. The molecule has 2 unspecified atom stereocenters. The van der Waals surface area contributed by atoms with Gasteiger partial charge in [-0.3, -0.25) is 19.5 Å². The van der Waals surface area contributed by atoms with Crippen molar-refractivity contribution in [1.29, 1.82) is 0 Å². The Bertz CT molecular complexity index is 1250. The van der Waals surface area contributed by atoms with E-state index in [1.165, 1.54) is 0 Å². The number of halogens is 4. The van der Waals surface area contributed by atoms with Crippen molar-refractivity contribution in [1.82, 2.24) is 14.8 Å². The summed E-state index contributed by atoms with van der Waals surface area (Å²) in [5, 5.41) is 2.92. The molecule has 198 valence electrons. The molecule has 0 radical (unpaired) electrons. The highest BCUT2D eigenvalue weighted by atomic mass is 79.9. The van der Waals surface area contributed by atoms with Crippen molar-refractivity contribution < 1.29 is 27.5 Å². The van der Waals surface area contributed by atoms with Gasteiger partial charge in [0.15, 0.2) is 0 Å². The van der Waals surface area contributed by atoms with Crippen LogP contribution in [0.5, 0.6) is 0 Å². The molecule has 1 aromatic carbocycles. The van der Waals surface area contributed by atoms with Gasteiger partial charge in [-0.05, 0) is 54.8 Å². The number of likely N-dealkylation sites (tertiary alicyclic amines) is 1. The van der Waals surface area contributed by atoms with Gasteiger partial charge in [-0.2, -0.15) is 13.2 Å². The SMILES string of the molecule is COCC1(C(=O)N2CCc3ncc(C(F)(F)F)cc3C2)CCN(Cc2cc3c(cc2Br)C(C)C(=O)N3)C1. The Morgan fingerprint density at radius 2 is 2.08 bits per heavy atom. The monoisotopic (exact) mass is 580 g/mol. The molecule has 11 heteroatoms. The molecule has 0 aliphatic carbocycles. The maximum atomic E-state index is 13.8. The van der Waals surface area contributed by atoms with Gasteiger partial charge >= 0.3 is 6.18 Å². The highest BCUT2D eigenvalue weighted by Crippen LogP contribution is 2.39. The number of aromatic nitrogens is 1. The summed E-state index contributed by atoms with van der Waals surface area (Å²) >= 11 is 3.64. The number of pyridine rings is 1. The third kappa shape index (κ3) is 4.88. The predicted molar refractivity (Wildman–Crippen MR) is 134 cm³/mol. The number of carbonyl (C=O) groups excluding carboxylic acids is 2. The molecule has 1 N–H and O–H groups in total. The van der Waals surface area contributed by atoms with Gasteiger partial charge in [0.1, 0.15) is 0 Å². The molecule has 1 saturated heterocycles. The number of nitrogens with zero attached hydrogens (tertiary/aromatic N) is 3.